The molecule has 0 fully saturated rings. The van der Waals surface area contributed by atoms with E-state index in [1.807, 2.05) is 0 Å². The SMILES string of the molecule is COCCOC(=O)c1cc(N)cc(Br)c1. The minimum atomic E-state index is -0.403. The molecule has 0 saturated heterocycles. The second-order valence-electron chi connectivity index (χ2n) is 2.90. The van der Waals surface area contributed by atoms with Crippen molar-refractivity contribution in [1.82, 2.24) is 0 Å². The molecule has 0 amide bonds. The molecule has 82 valence electrons. The van der Waals surface area contributed by atoms with Crippen LogP contribution in [0.15, 0.2) is 22.7 Å². The highest BCUT2D eigenvalue weighted by Gasteiger charge is 2.08. The van der Waals surface area contributed by atoms with Crippen LogP contribution in [0.5, 0.6) is 0 Å². The average Bonchev–Trinajstić information content (AvgIpc) is 2.16. The van der Waals surface area contributed by atoms with Crippen molar-refractivity contribution in [2.24, 2.45) is 0 Å². The highest BCUT2D eigenvalue weighted by molar-refractivity contribution is 9.10. The molecule has 0 aliphatic heterocycles. The van der Waals surface area contributed by atoms with Crippen molar-refractivity contribution in [1.29, 1.82) is 0 Å². The average molecular weight is 274 g/mol. The zero-order chi connectivity index (χ0) is 11.3. The summed E-state index contributed by atoms with van der Waals surface area (Å²) in [4.78, 5) is 11.5. The number of hydrogen-bond donors (Lipinski definition) is 1. The number of carbonyl (C=O) groups is 1. The van der Waals surface area contributed by atoms with Gasteiger partial charge >= 0.3 is 5.97 Å². The Morgan fingerprint density at radius 3 is 2.73 bits per heavy atom. The molecular formula is C10H12BrNO3. The lowest BCUT2D eigenvalue weighted by Crippen LogP contribution is -2.10. The first-order valence-electron chi connectivity index (χ1n) is 4.35. The molecule has 1 rings (SSSR count). The summed E-state index contributed by atoms with van der Waals surface area (Å²) in [5.74, 6) is -0.403. The predicted molar refractivity (Wildman–Crippen MR) is 60.7 cm³/mol. The predicted octanol–water partition coefficient (Wildman–Crippen LogP) is 1.83. The third-order valence-electron chi connectivity index (χ3n) is 1.68. The molecule has 0 heterocycles. The molecule has 4 nitrogen and oxygen atoms in total. The van der Waals surface area contributed by atoms with Gasteiger partial charge in [0.1, 0.15) is 6.61 Å². The maximum Gasteiger partial charge on any atom is 0.338 e. The fourth-order valence-corrected chi connectivity index (χ4v) is 1.54. The minimum absolute atomic E-state index is 0.238. The molecule has 1 aromatic rings. The molecule has 2 N–H and O–H groups in total. The van der Waals surface area contributed by atoms with Gasteiger partial charge in [0, 0.05) is 17.3 Å². The number of halogens is 1. The fraction of sp³-hybridized carbons (Fsp3) is 0.300. The lowest BCUT2D eigenvalue weighted by molar-refractivity contribution is 0.0388. The molecule has 5 heteroatoms. The monoisotopic (exact) mass is 273 g/mol. The van der Waals surface area contributed by atoms with E-state index >= 15 is 0 Å². The van der Waals surface area contributed by atoms with Gasteiger partial charge in [-0.1, -0.05) is 15.9 Å². The highest BCUT2D eigenvalue weighted by atomic mass is 79.9. The largest absolute Gasteiger partial charge is 0.460 e. The van der Waals surface area contributed by atoms with Crippen molar-refractivity contribution in [2.45, 2.75) is 0 Å². The van der Waals surface area contributed by atoms with E-state index in [0.29, 0.717) is 17.9 Å². The van der Waals surface area contributed by atoms with E-state index in [1.54, 1.807) is 25.3 Å². The van der Waals surface area contributed by atoms with Gasteiger partial charge in [-0.2, -0.15) is 0 Å². The molecule has 0 unspecified atom stereocenters. The van der Waals surface area contributed by atoms with Gasteiger partial charge in [-0.25, -0.2) is 4.79 Å². The van der Waals surface area contributed by atoms with Crippen molar-refractivity contribution in [2.75, 3.05) is 26.1 Å². The van der Waals surface area contributed by atoms with Crippen molar-refractivity contribution >= 4 is 27.6 Å². The van der Waals surface area contributed by atoms with Crippen LogP contribution in [0.1, 0.15) is 10.4 Å². The van der Waals surface area contributed by atoms with Crippen molar-refractivity contribution in [3.63, 3.8) is 0 Å². The van der Waals surface area contributed by atoms with E-state index in [9.17, 15) is 4.79 Å². The molecule has 15 heavy (non-hydrogen) atoms. The Kier molecular flexibility index (Phi) is 4.58. The Labute approximate surface area is 96.5 Å². The lowest BCUT2D eigenvalue weighted by atomic mass is 10.2. The Morgan fingerprint density at radius 2 is 2.13 bits per heavy atom. The van der Waals surface area contributed by atoms with Crippen LogP contribution in [-0.2, 0) is 9.47 Å². The number of rotatable bonds is 4. The van der Waals surface area contributed by atoms with Crippen molar-refractivity contribution < 1.29 is 14.3 Å². The molecule has 1 aromatic carbocycles. The zero-order valence-corrected chi connectivity index (χ0v) is 9.91. The first-order valence-corrected chi connectivity index (χ1v) is 5.15. The second-order valence-corrected chi connectivity index (χ2v) is 3.82. The van der Waals surface area contributed by atoms with Gasteiger partial charge in [0.05, 0.1) is 12.2 Å². The third kappa shape index (κ3) is 3.89. The quantitative estimate of drug-likeness (QED) is 0.517. The maximum atomic E-state index is 11.5. The summed E-state index contributed by atoms with van der Waals surface area (Å²) >= 11 is 3.25. The van der Waals surface area contributed by atoms with E-state index in [4.69, 9.17) is 15.2 Å². The summed E-state index contributed by atoms with van der Waals surface area (Å²) in [6.45, 7) is 0.622. The van der Waals surface area contributed by atoms with Crippen LogP contribution in [0.3, 0.4) is 0 Å². The fourth-order valence-electron chi connectivity index (χ4n) is 1.03. The summed E-state index contributed by atoms with van der Waals surface area (Å²) in [7, 11) is 1.55. The number of carbonyl (C=O) groups excluding carboxylic acids is 1. The maximum absolute atomic E-state index is 11.5. The minimum Gasteiger partial charge on any atom is -0.460 e. The molecule has 0 aliphatic carbocycles. The number of ether oxygens (including phenoxy) is 2. The topological polar surface area (TPSA) is 61.5 Å². The van der Waals surface area contributed by atoms with Crippen LogP contribution < -0.4 is 5.73 Å². The van der Waals surface area contributed by atoms with Crippen LogP contribution in [-0.4, -0.2) is 26.3 Å². The summed E-state index contributed by atoms with van der Waals surface area (Å²) in [5.41, 5.74) is 6.54. The van der Waals surface area contributed by atoms with Crippen molar-refractivity contribution in [3.05, 3.63) is 28.2 Å². The van der Waals surface area contributed by atoms with Gasteiger partial charge in [0.15, 0.2) is 0 Å². The van der Waals surface area contributed by atoms with Gasteiger partial charge in [-0.3, -0.25) is 0 Å². The van der Waals surface area contributed by atoms with Crippen LogP contribution in [0.2, 0.25) is 0 Å². The van der Waals surface area contributed by atoms with Gasteiger partial charge in [0.25, 0.3) is 0 Å². The number of methoxy groups -OCH3 is 1. The Bertz CT molecular complexity index is 334. The molecule has 0 spiro atoms. The summed E-state index contributed by atoms with van der Waals surface area (Å²) in [6.07, 6.45) is 0. The smallest absolute Gasteiger partial charge is 0.338 e. The molecule has 0 atom stereocenters. The Balaban J connectivity index is 2.65. The number of hydrogen-bond acceptors (Lipinski definition) is 4. The Hall–Kier alpha value is -1.07. The van der Waals surface area contributed by atoms with E-state index in [1.165, 1.54) is 0 Å². The zero-order valence-electron chi connectivity index (χ0n) is 8.33. The third-order valence-corrected chi connectivity index (χ3v) is 2.13. The first kappa shape index (κ1) is 12.0. The molecule has 0 bridgehead atoms. The van der Waals surface area contributed by atoms with Gasteiger partial charge < -0.3 is 15.2 Å². The highest BCUT2D eigenvalue weighted by Crippen LogP contribution is 2.17. The number of benzene rings is 1. The van der Waals surface area contributed by atoms with Crippen LogP contribution in [0.25, 0.3) is 0 Å². The van der Waals surface area contributed by atoms with Crippen LogP contribution in [0, 0.1) is 0 Å². The number of anilines is 1. The van der Waals surface area contributed by atoms with Crippen LogP contribution >= 0.6 is 15.9 Å². The molecule has 0 radical (unpaired) electrons. The standard InChI is InChI=1S/C10H12BrNO3/c1-14-2-3-15-10(13)7-4-8(11)6-9(12)5-7/h4-6H,2-3,12H2,1H3. The second kappa shape index (κ2) is 5.72. The number of esters is 1. The van der Waals surface area contributed by atoms with E-state index < -0.39 is 5.97 Å². The normalized spacial score (nSPS) is 10.0. The van der Waals surface area contributed by atoms with Crippen molar-refractivity contribution in [3.8, 4) is 0 Å². The van der Waals surface area contributed by atoms with Gasteiger partial charge in [0.2, 0.25) is 0 Å². The summed E-state index contributed by atoms with van der Waals surface area (Å²) in [5, 5.41) is 0. The first-order chi connectivity index (χ1) is 7.13. The molecular weight excluding hydrogens is 262 g/mol. The van der Waals surface area contributed by atoms with E-state index in [0.717, 1.165) is 4.47 Å². The Morgan fingerprint density at radius 1 is 1.40 bits per heavy atom. The molecule has 0 saturated carbocycles. The molecule has 0 aromatic heterocycles. The number of nitrogens with two attached hydrogens (primary N) is 1. The summed E-state index contributed by atoms with van der Waals surface area (Å²) < 4.78 is 10.5. The van der Waals surface area contributed by atoms with Crippen LogP contribution in [0.4, 0.5) is 5.69 Å². The van der Waals surface area contributed by atoms with E-state index in [2.05, 4.69) is 15.9 Å². The summed E-state index contributed by atoms with van der Waals surface area (Å²) in [6, 6.07) is 4.94. The lowest BCUT2D eigenvalue weighted by Gasteiger charge is -2.05. The van der Waals surface area contributed by atoms with Gasteiger partial charge in [-0.05, 0) is 18.2 Å². The van der Waals surface area contributed by atoms with Gasteiger partial charge in [-0.15, -0.1) is 0 Å². The number of nitrogen functional groups attached to an aromatic ring is 1. The van der Waals surface area contributed by atoms with E-state index in [-0.39, 0.29) is 6.61 Å². The molecule has 0 aliphatic rings.